The van der Waals surface area contributed by atoms with Crippen LogP contribution in [0, 0.1) is 0 Å². The minimum Gasteiger partial charge on any atom is -0.460 e. The second kappa shape index (κ2) is 12.4. The van der Waals surface area contributed by atoms with Gasteiger partial charge >= 0.3 is 5.97 Å². The summed E-state index contributed by atoms with van der Waals surface area (Å²) in [7, 11) is 0. The number of rotatable bonds is 11. The molecule has 0 spiro atoms. The van der Waals surface area contributed by atoms with Gasteiger partial charge < -0.3 is 19.9 Å². The number of hydrogen-bond acceptors (Lipinski definition) is 3. The Labute approximate surface area is 158 Å². The van der Waals surface area contributed by atoms with Gasteiger partial charge in [0.15, 0.2) is 5.96 Å². The number of guanidine groups is 1. The molecule has 2 N–H and O–H groups in total. The van der Waals surface area contributed by atoms with E-state index in [1.54, 1.807) is 0 Å². The summed E-state index contributed by atoms with van der Waals surface area (Å²) >= 11 is 0. The first-order chi connectivity index (χ1) is 12.4. The van der Waals surface area contributed by atoms with Crippen LogP contribution in [0.1, 0.15) is 59.8 Å². The van der Waals surface area contributed by atoms with Crippen molar-refractivity contribution in [3.8, 4) is 0 Å². The minimum atomic E-state index is -0.386. The monoisotopic (exact) mass is 364 g/mol. The van der Waals surface area contributed by atoms with Crippen LogP contribution in [-0.2, 0) is 16.1 Å². The lowest BCUT2D eigenvalue weighted by Gasteiger charge is -2.19. The SMILES string of the molecule is CCNC(=NCCCCCCC(=O)OC(C)(C)C)NCCn1cccc1. The van der Waals surface area contributed by atoms with Crippen LogP contribution in [0.2, 0.25) is 0 Å². The Bertz CT molecular complexity index is 518. The van der Waals surface area contributed by atoms with Crippen LogP contribution in [0.4, 0.5) is 0 Å². The number of hydrogen-bond donors (Lipinski definition) is 2. The highest BCUT2D eigenvalue weighted by atomic mass is 16.6. The number of carbonyl (C=O) groups is 1. The summed E-state index contributed by atoms with van der Waals surface area (Å²) in [5.74, 6) is 0.769. The zero-order chi connectivity index (χ0) is 19.3. The van der Waals surface area contributed by atoms with Crippen LogP contribution in [-0.4, -0.2) is 41.7 Å². The van der Waals surface area contributed by atoms with Gasteiger partial charge in [0.05, 0.1) is 0 Å². The van der Waals surface area contributed by atoms with Crippen molar-refractivity contribution in [3.05, 3.63) is 24.5 Å². The van der Waals surface area contributed by atoms with E-state index in [0.29, 0.717) is 6.42 Å². The number of nitrogens with zero attached hydrogens (tertiary/aromatic N) is 2. The van der Waals surface area contributed by atoms with Crippen molar-refractivity contribution in [2.45, 2.75) is 71.9 Å². The van der Waals surface area contributed by atoms with Crippen molar-refractivity contribution >= 4 is 11.9 Å². The smallest absolute Gasteiger partial charge is 0.306 e. The number of unbranched alkanes of at least 4 members (excludes halogenated alkanes) is 3. The highest BCUT2D eigenvalue weighted by Gasteiger charge is 2.15. The topological polar surface area (TPSA) is 67.7 Å². The fourth-order valence-corrected chi connectivity index (χ4v) is 2.48. The maximum atomic E-state index is 11.6. The number of aliphatic imine (C=N–C) groups is 1. The molecule has 0 aliphatic heterocycles. The van der Waals surface area contributed by atoms with Crippen molar-refractivity contribution in [1.29, 1.82) is 0 Å². The zero-order valence-corrected chi connectivity index (χ0v) is 16.9. The highest BCUT2D eigenvalue weighted by molar-refractivity contribution is 5.79. The third kappa shape index (κ3) is 11.6. The Hall–Kier alpha value is -1.98. The molecule has 6 heteroatoms. The molecule has 1 aromatic rings. The molecule has 0 unspecified atom stereocenters. The normalized spacial score (nSPS) is 12.1. The molecule has 0 aliphatic rings. The molecule has 0 amide bonds. The quantitative estimate of drug-likeness (QED) is 0.273. The summed E-state index contributed by atoms with van der Waals surface area (Å²) in [5, 5.41) is 6.62. The van der Waals surface area contributed by atoms with E-state index in [9.17, 15) is 4.79 Å². The van der Waals surface area contributed by atoms with Crippen molar-refractivity contribution in [1.82, 2.24) is 15.2 Å². The molecule has 0 saturated heterocycles. The lowest BCUT2D eigenvalue weighted by atomic mass is 10.1. The molecule has 26 heavy (non-hydrogen) atoms. The third-order valence-corrected chi connectivity index (χ3v) is 3.65. The van der Waals surface area contributed by atoms with E-state index in [1.807, 2.05) is 32.9 Å². The van der Waals surface area contributed by atoms with Crippen LogP contribution < -0.4 is 10.6 Å². The first-order valence-corrected chi connectivity index (χ1v) is 9.75. The zero-order valence-electron chi connectivity index (χ0n) is 16.9. The van der Waals surface area contributed by atoms with Gasteiger partial charge in [-0.25, -0.2) is 0 Å². The van der Waals surface area contributed by atoms with Crippen LogP contribution in [0.25, 0.3) is 0 Å². The van der Waals surface area contributed by atoms with Gasteiger partial charge in [-0.2, -0.15) is 0 Å². The van der Waals surface area contributed by atoms with Crippen molar-refractivity contribution in [2.24, 2.45) is 4.99 Å². The molecule has 1 rings (SSSR count). The predicted molar refractivity (Wildman–Crippen MR) is 107 cm³/mol. The van der Waals surface area contributed by atoms with E-state index in [1.165, 1.54) is 0 Å². The molecule has 0 radical (unpaired) electrons. The van der Waals surface area contributed by atoms with Gasteiger partial charge in [-0.1, -0.05) is 12.8 Å². The molecule has 0 saturated carbocycles. The Balaban J connectivity index is 2.11. The molecule has 0 aromatic carbocycles. The van der Waals surface area contributed by atoms with Gasteiger partial charge in [0.2, 0.25) is 0 Å². The lowest BCUT2D eigenvalue weighted by molar-refractivity contribution is -0.154. The molecule has 0 aliphatic carbocycles. The maximum absolute atomic E-state index is 11.6. The largest absolute Gasteiger partial charge is 0.460 e. The summed E-state index contributed by atoms with van der Waals surface area (Å²) < 4.78 is 7.45. The third-order valence-electron chi connectivity index (χ3n) is 3.65. The fraction of sp³-hybridized carbons (Fsp3) is 0.700. The summed E-state index contributed by atoms with van der Waals surface area (Å²) in [4.78, 5) is 16.2. The predicted octanol–water partition coefficient (Wildman–Crippen LogP) is 3.34. The summed E-state index contributed by atoms with van der Waals surface area (Å²) in [6.45, 7) is 11.2. The van der Waals surface area contributed by atoms with Crippen LogP contribution in [0.15, 0.2) is 29.5 Å². The van der Waals surface area contributed by atoms with Crippen LogP contribution >= 0.6 is 0 Å². The van der Waals surface area contributed by atoms with Gasteiger partial charge in [-0.15, -0.1) is 0 Å². The first-order valence-electron chi connectivity index (χ1n) is 9.75. The molecule has 0 atom stereocenters. The maximum Gasteiger partial charge on any atom is 0.306 e. The fourth-order valence-electron chi connectivity index (χ4n) is 2.48. The van der Waals surface area contributed by atoms with Gasteiger partial charge in [0.1, 0.15) is 5.60 Å². The summed E-state index contributed by atoms with van der Waals surface area (Å²) in [5.41, 5.74) is -0.386. The number of ether oxygens (including phenoxy) is 1. The standard InChI is InChI=1S/C20H36N4O2/c1-5-21-19(23-14-17-24-15-10-11-16-24)22-13-9-7-6-8-12-18(25)26-20(2,3)4/h10-11,15-16H,5-9,12-14,17H2,1-4H3,(H2,21,22,23). The number of aromatic nitrogens is 1. The van der Waals surface area contributed by atoms with E-state index in [-0.39, 0.29) is 11.6 Å². The average Bonchev–Trinajstić information content (AvgIpc) is 3.05. The average molecular weight is 365 g/mol. The molecule has 1 heterocycles. The van der Waals surface area contributed by atoms with Gasteiger partial charge in [0.25, 0.3) is 0 Å². The second-order valence-corrected chi connectivity index (χ2v) is 7.36. The van der Waals surface area contributed by atoms with E-state index in [2.05, 4.69) is 39.5 Å². The molecule has 0 bridgehead atoms. The van der Waals surface area contributed by atoms with E-state index < -0.39 is 0 Å². The van der Waals surface area contributed by atoms with Crippen molar-refractivity contribution in [3.63, 3.8) is 0 Å². The second-order valence-electron chi connectivity index (χ2n) is 7.36. The Morgan fingerprint density at radius 1 is 1.08 bits per heavy atom. The summed E-state index contributed by atoms with van der Waals surface area (Å²) in [6.07, 6.45) is 8.65. The van der Waals surface area contributed by atoms with Gasteiger partial charge in [-0.3, -0.25) is 9.79 Å². The first kappa shape index (κ1) is 22.1. The molecular formula is C20H36N4O2. The number of carbonyl (C=O) groups excluding carboxylic acids is 1. The van der Waals surface area contributed by atoms with Crippen molar-refractivity contribution < 1.29 is 9.53 Å². The van der Waals surface area contributed by atoms with Gasteiger partial charge in [-0.05, 0) is 52.7 Å². The van der Waals surface area contributed by atoms with E-state index in [4.69, 9.17) is 4.74 Å². The Kier molecular flexibility index (Phi) is 10.5. The summed E-state index contributed by atoms with van der Waals surface area (Å²) in [6, 6.07) is 4.06. The molecular weight excluding hydrogens is 328 g/mol. The molecule has 6 nitrogen and oxygen atoms in total. The Morgan fingerprint density at radius 2 is 1.77 bits per heavy atom. The lowest BCUT2D eigenvalue weighted by Crippen LogP contribution is -2.38. The molecule has 148 valence electrons. The number of nitrogens with one attached hydrogen (secondary N) is 2. The van der Waals surface area contributed by atoms with Crippen molar-refractivity contribution in [2.75, 3.05) is 19.6 Å². The minimum absolute atomic E-state index is 0.100. The Morgan fingerprint density at radius 3 is 2.42 bits per heavy atom. The van der Waals surface area contributed by atoms with E-state index >= 15 is 0 Å². The number of esters is 1. The van der Waals surface area contributed by atoms with Crippen LogP contribution in [0.5, 0.6) is 0 Å². The molecule has 0 fully saturated rings. The van der Waals surface area contributed by atoms with Gasteiger partial charge in [0, 0.05) is 45.0 Å². The van der Waals surface area contributed by atoms with Crippen LogP contribution in [0.3, 0.4) is 0 Å². The molecule has 1 aromatic heterocycles. The van der Waals surface area contributed by atoms with E-state index in [0.717, 1.165) is 57.8 Å². The highest BCUT2D eigenvalue weighted by Crippen LogP contribution is 2.11.